The number of pyridine rings is 2. The third kappa shape index (κ3) is 6.55. The molecule has 0 saturated carbocycles. The summed E-state index contributed by atoms with van der Waals surface area (Å²) in [5, 5.41) is 17.8. The highest BCUT2D eigenvalue weighted by molar-refractivity contribution is 5.89. The Hall–Kier alpha value is -5.22. The van der Waals surface area contributed by atoms with Crippen molar-refractivity contribution in [3.63, 3.8) is 0 Å². The quantitative estimate of drug-likeness (QED) is 0.166. The molecule has 0 aliphatic carbocycles. The number of aromatic nitrogens is 10. The van der Waals surface area contributed by atoms with Gasteiger partial charge in [0.2, 0.25) is 6.20 Å². The van der Waals surface area contributed by atoms with Gasteiger partial charge in [0.1, 0.15) is 17.2 Å². The lowest BCUT2D eigenvalue weighted by molar-refractivity contribution is -0.757. The van der Waals surface area contributed by atoms with Crippen molar-refractivity contribution in [3.8, 4) is 22.5 Å². The molecule has 6 aromatic rings. The smallest absolute Gasteiger partial charge is 0.260 e. The zero-order valence-electron chi connectivity index (χ0n) is 27.9. The number of alkyl halides is 2. The zero-order chi connectivity index (χ0) is 34.2. The summed E-state index contributed by atoms with van der Waals surface area (Å²) in [4.78, 5) is 28.0. The van der Waals surface area contributed by atoms with Gasteiger partial charge in [-0.3, -0.25) is 20.0 Å². The second kappa shape index (κ2) is 13.2. The molecule has 0 bridgehead atoms. The van der Waals surface area contributed by atoms with E-state index < -0.39 is 24.6 Å². The van der Waals surface area contributed by atoms with E-state index in [0.29, 0.717) is 45.5 Å². The third-order valence-corrected chi connectivity index (χ3v) is 9.52. The highest BCUT2D eigenvalue weighted by Crippen LogP contribution is 2.35. The first-order valence-corrected chi connectivity index (χ1v) is 16.9. The van der Waals surface area contributed by atoms with E-state index in [1.165, 1.54) is 0 Å². The molecule has 2 fully saturated rings. The number of aryl methyl sites for hydroxylation is 2. The standard InChI is InChI=1S/C34H39F2N14/c1-48-17-23(16-45-48)25-10-27-30(41-9-6-38-27)32(46-25)43-15-22-12-34(35,36)20-44-33(22)50-19-24(18-49(50)2)26-11-28-29(40-8-7-39-28)31(47-26)42-14-21-4-3-5-37-13-21/h6-11,16-19,21-22,33,37,44H,3-5,12-15,20H2,1-2H3,(H,42,47)(H,43,46)/q+1. The molecule has 50 heavy (non-hydrogen) atoms. The van der Waals surface area contributed by atoms with Gasteiger partial charge in [-0.2, -0.15) is 5.10 Å². The minimum Gasteiger partial charge on any atom is -0.368 e. The van der Waals surface area contributed by atoms with Crippen LogP contribution in [0.3, 0.4) is 0 Å². The normalized spacial score (nSPS) is 20.7. The molecule has 2 aliphatic rings. The van der Waals surface area contributed by atoms with Crippen LogP contribution in [-0.4, -0.2) is 83.0 Å². The third-order valence-electron chi connectivity index (χ3n) is 9.52. The van der Waals surface area contributed by atoms with Crippen LogP contribution in [0.25, 0.3) is 44.6 Å². The summed E-state index contributed by atoms with van der Waals surface area (Å²) in [5.74, 6) is -1.74. The van der Waals surface area contributed by atoms with Crippen LogP contribution in [-0.2, 0) is 14.1 Å². The number of piperidine rings is 2. The lowest BCUT2D eigenvalue weighted by atomic mass is 9.93. The fraction of sp³-hybridized carbons (Fsp3) is 0.412. The molecule has 258 valence electrons. The molecular formula is C34H39F2N14+. The molecule has 3 atom stereocenters. The summed E-state index contributed by atoms with van der Waals surface area (Å²) in [6, 6.07) is 3.77. The number of nitrogens with one attached hydrogen (secondary N) is 4. The Balaban J connectivity index is 1.08. The molecule has 3 unspecified atom stereocenters. The van der Waals surface area contributed by atoms with Gasteiger partial charge in [0.25, 0.3) is 5.92 Å². The first kappa shape index (κ1) is 32.0. The van der Waals surface area contributed by atoms with Crippen LogP contribution in [0.15, 0.2) is 61.7 Å². The van der Waals surface area contributed by atoms with Crippen LogP contribution >= 0.6 is 0 Å². The average molecular weight is 682 g/mol. The molecule has 0 spiro atoms. The van der Waals surface area contributed by atoms with Gasteiger partial charge in [0.15, 0.2) is 18.7 Å². The molecule has 0 aromatic carbocycles. The summed E-state index contributed by atoms with van der Waals surface area (Å²) in [5.41, 5.74) is 5.68. The van der Waals surface area contributed by atoms with Gasteiger partial charge in [-0.1, -0.05) is 0 Å². The molecule has 2 aliphatic heterocycles. The summed E-state index contributed by atoms with van der Waals surface area (Å²) in [7, 11) is 3.74. The minimum atomic E-state index is -2.88. The molecule has 16 heteroatoms. The van der Waals surface area contributed by atoms with Crippen molar-refractivity contribution >= 4 is 33.7 Å². The van der Waals surface area contributed by atoms with Crippen molar-refractivity contribution in [2.45, 2.75) is 31.4 Å². The van der Waals surface area contributed by atoms with Crippen LogP contribution in [0.1, 0.15) is 25.4 Å². The van der Waals surface area contributed by atoms with Gasteiger partial charge in [0.05, 0.1) is 46.9 Å². The van der Waals surface area contributed by atoms with Crippen molar-refractivity contribution in [1.29, 1.82) is 0 Å². The van der Waals surface area contributed by atoms with Crippen molar-refractivity contribution in [3.05, 3.63) is 61.7 Å². The number of hydrogen-bond acceptors (Lipinski definition) is 11. The molecule has 8 heterocycles. The minimum absolute atomic E-state index is 0.212. The first-order chi connectivity index (χ1) is 24.3. The predicted octanol–water partition coefficient (Wildman–Crippen LogP) is 3.32. The molecule has 6 aromatic heterocycles. The Morgan fingerprint density at radius 3 is 2.26 bits per heavy atom. The van der Waals surface area contributed by atoms with E-state index in [1.54, 1.807) is 35.7 Å². The van der Waals surface area contributed by atoms with E-state index in [1.807, 2.05) is 54.2 Å². The van der Waals surface area contributed by atoms with Crippen molar-refractivity contribution in [2.24, 2.45) is 25.9 Å². The molecular weight excluding hydrogens is 642 g/mol. The van der Waals surface area contributed by atoms with Crippen molar-refractivity contribution in [1.82, 2.24) is 55.0 Å². The lowest BCUT2D eigenvalue weighted by Crippen LogP contribution is -2.55. The second-order valence-electron chi connectivity index (χ2n) is 13.3. The van der Waals surface area contributed by atoms with Crippen LogP contribution in [0, 0.1) is 11.8 Å². The number of halogens is 2. The maximum atomic E-state index is 15.0. The number of nitrogens with zero attached hydrogens (tertiary/aromatic N) is 10. The highest BCUT2D eigenvalue weighted by Gasteiger charge is 2.44. The summed E-state index contributed by atoms with van der Waals surface area (Å²) in [6.07, 6.45) is 15.6. The van der Waals surface area contributed by atoms with Crippen molar-refractivity contribution in [2.75, 3.05) is 43.4 Å². The molecule has 4 N–H and O–H groups in total. The van der Waals surface area contributed by atoms with E-state index in [-0.39, 0.29) is 13.0 Å². The fourth-order valence-electron chi connectivity index (χ4n) is 7.03. The number of hydrogen-bond donors (Lipinski definition) is 4. The second-order valence-corrected chi connectivity index (χ2v) is 13.3. The van der Waals surface area contributed by atoms with Gasteiger partial charge >= 0.3 is 0 Å². The molecule has 14 nitrogen and oxygen atoms in total. The maximum absolute atomic E-state index is 15.0. The SMILES string of the molecule is Cn1cc(-c2cc3nccnc3c(NCC3CC(F)(F)CNC3n3cc(-c4cc5nccnc5c(NCC5CCCNC5)n4)c[n+]3C)n2)cn1. The number of rotatable bonds is 9. The monoisotopic (exact) mass is 681 g/mol. The van der Waals surface area contributed by atoms with Gasteiger partial charge < -0.3 is 16.0 Å². The van der Waals surface area contributed by atoms with Gasteiger partial charge in [-0.25, -0.2) is 28.7 Å². The Labute approximate surface area is 286 Å². The van der Waals surface area contributed by atoms with Crippen LogP contribution in [0.5, 0.6) is 0 Å². The highest BCUT2D eigenvalue weighted by atomic mass is 19.3. The van der Waals surface area contributed by atoms with E-state index in [4.69, 9.17) is 9.97 Å². The van der Waals surface area contributed by atoms with Crippen LogP contribution in [0.2, 0.25) is 0 Å². The molecule has 8 rings (SSSR count). The van der Waals surface area contributed by atoms with Gasteiger partial charge in [-0.05, 0) is 44.0 Å². The average Bonchev–Trinajstić information content (AvgIpc) is 3.74. The zero-order valence-corrected chi connectivity index (χ0v) is 27.9. The van der Waals surface area contributed by atoms with Crippen molar-refractivity contribution < 1.29 is 13.5 Å². The fourth-order valence-corrected chi connectivity index (χ4v) is 7.03. The largest absolute Gasteiger partial charge is 0.368 e. The maximum Gasteiger partial charge on any atom is 0.260 e. The van der Waals surface area contributed by atoms with E-state index in [0.717, 1.165) is 49.1 Å². The molecule has 0 amide bonds. The predicted molar refractivity (Wildman–Crippen MR) is 184 cm³/mol. The van der Waals surface area contributed by atoms with E-state index >= 15 is 0 Å². The molecule has 0 radical (unpaired) electrons. The van der Waals surface area contributed by atoms with Crippen LogP contribution in [0.4, 0.5) is 20.4 Å². The Bertz CT molecular complexity index is 2140. The number of anilines is 2. The van der Waals surface area contributed by atoms with E-state index in [2.05, 4.69) is 46.3 Å². The van der Waals surface area contributed by atoms with Gasteiger partial charge in [0, 0.05) is 69.0 Å². The Kier molecular flexibility index (Phi) is 8.48. The summed E-state index contributed by atoms with van der Waals surface area (Å²) < 4.78 is 35.6. The lowest BCUT2D eigenvalue weighted by Gasteiger charge is -2.36. The number of fused-ring (bicyclic) bond motifs is 2. The Morgan fingerprint density at radius 2 is 1.60 bits per heavy atom. The summed E-state index contributed by atoms with van der Waals surface area (Å²) in [6.45, 7) is 2.58. The van der Waals surface area contributed by atoms with Gasteiger partial charge in [-0.15, -0.1) is 9.36 Å². The topological polar surface area (TPSA) is 152 Å². The first-order valence-electron chi connectivity index (χ1n) is 16.9. The van der Waals surface area contributed by atoms with E-state index in [9.17, 15) is 8.78 Å². The molecule has 2 saturated heterocycles. The summed E-state index contributed by atoms with van der Waals surface area (Å²) >= 11 is 0. The Morgan fingerprint density at radius 1 is 0.920 bits per heavy atom. The van der Waals surface area contributed by atoms with Crippen LogP contribution < -0.4 is 25.9 Å².